The third-order valence-corrected chi connectivity index (χ3v) is 5.17. The number of nitrogens with zero attached hydrogens (tertiary/aromatic N) is 1. The van der Waals surface area contributed by atoms with E-state index < -0.39 is 17.8 Å². The van der Waals surface area contributed by atoms with Gasteiger partial charge in [0.1, 0.15) is 12.2 Å². The molecule has 1 heterocycles. The summed E-state index contributed by atoms with van der Waals surface area (Å²) < 4.78 is 11.3. The van der Waals surface area contributed by atoms with Gasteiger partial charge in [-0.15, -0.1) is 0 Å². The zero-order chi connectivity index (χ0) is 23.4. The number of hydrogen-bond donors (Lipinski definition) is 1. The molecule has 8 heteroatoms. The van der Waals surface area contributed by atoms with Crippen molar-refractivity contribution in [3.05, 3.63) is 94.5 Å². The minimum Gasteiger partial charge on any atom is -0.493 e. The Bertz CT molecular complexity index is 1240. The molecule has 1 N–H and O–H groups in total. The van der Waals surface area contributed by atoms with E-state index in [0.29, 0.717) is 34.4 Å². The Hall–Kier alpha value is -4.10. The molecule has 0 unspecified atom stereocenters. The van der Waals surface area contributed by atoms with E-state index >= 15 is 0 Å². The molecule has 0 aliphatic carbocycles. The molecule has 0 atom stereocenters. The quantitative estimate of drug-likeness (QED) is 0.427. The number of amides is 4. The highest BCUT2D eigenvalue weighted by molar-refractivity contribution is 6.39. The Morgan fingerprint density at radius 1 is 0.939 bits per heavy atom. The van der Waals surface area contributed by atoms with E-state index in [2.05, 4.69) is 5.32 Å². The number of methoxy groups -OCH3 is 1. The molecule has 33 heavy (non-hydrogen) atoms. The first-order valence-corrected chi connectivity index (χ1v) is 10.4. The number of rotatable bonds is 6. The van der Waals surface area contributed by atoms with Gasteiger partial charge in [0.25, 0.3) is 11.8 Å². The summed E-state index contributed by atoms with van der Waals surface area (Å²) in [5, 5.41) is 2.65. The number of barbiturate groups is 1. The summed E-state index contributed by atoms with van der Waals surface area (Å²) in [5.41, 5.74) is 1.61. The molecule has 0 bridgehead atoms. The number of urea groups is 1. The smallest absolute Gasteiger partial charge is 0.335 e. The van der Waals surface area contributed by atoms with E-state index in [9.17, 15) is 14.4 Å². The number of benzene rings is 3. The summed E-state index contributed by atoms with van der Waals surface area (Å²) in [6.07, 6.45) is 1.40. The van der Waals surface area contributed by atoms with Gasteiger partial charge in [0, 0.05) is 5.02 Å². The largest absolute Gasteiger partial charge is 0.493 e. The second kappa shape index (κ2) is 9.58. The number of carbonyl (C=O) groups is 3. The summed E-state index contributed by atoms with van der Waals surface area (Å²) in [4.78, 5) is 38.7. The van der Waals surface area contributed by atoms with Crippen LogP contribution >= 0.6 is 11.6 Å². The van der Waals surface area contributed by atoms with Crippen LogP contribution < -0.4 is 19.7 Å². The predicted octanol–water partition coefficient (Wildman–Crippen LogP) is 4.59. The van der Waals surface area contributed by atoms with Crippen LogP contribution in [0.5, 0.6) is 11.5 Å². The van der Waals surface area contributed by atoms with Crippen LogP contribution in [0.1, 0.15) is 11.1 Å². The van der Waals surface area contributed by atoms with Crippen molar-refractivity contribution in [1.29, 1.82) is 0 Å². The Morgan fingerprint density at radius 3 is 2.36 bits per heavy atom. The summed E-state index contributed by atoms with van der Waals surface area (Å²) in [5.74, 6) is -0.568. The first-order valence-electron chi connectivity index (χ1n) is 9.98. The number of carbonyl (C=O) groups excluding carboxylic acids is 3. The Kier molecular flexibility index (Phi) is 6.42. The van der Waals surface area contributed by atoms with Crippen molar-refractivity contribution in [3.8, 4) is 11.5 Å². The fourth-order valence-electron chi connectivity index (χ4n) is 3.28. The molecule has 0 radical (unpaired) electrons. The SMILES string of the molecule is COc1ccc(/C=C2\C(=O)NC(=O)N(c3ccc(Cl)cc3)C2=O)cc1OCc1ccccc1. The van der Waals surface area contributed by atoms with Crippen LogP contribution in [0.15, 0.2) is 78.4 Å². The van der Waals surface area contributed by atoms with Gasteiger partial charge in [-0.1, -0.05) is 48.0 Å². The molecule has 0 aromatic heterocycles. The molecule has 1 aliphatic heterocycles. The summed E-state index contributed by atoms with van der Waals surface area (Å²) in [6.45, 7) is 0.315. The number of ether oxygens (including phenoxy) is 2. The molecular weight excluding hydrogens is 444 g/mol. The van der Waals surface area contributed by atoms with Gasteiger partial charge in [-0.05, 0) is 53.6 Å². The zero-order valence-electron chi connectivity index (χ0n) is 17.6. The summed E-state index contributed by atoms with van der Waals surface area (Å²) in [7, 11) is 1.52. The molecule has 4 amide bonds. The van der Waals surface area contributed by atoms with Gasteiger partial charge in [0.2, 0.25) is 0 Å². The highest BCUT2D eigenvalue weighted by atomic mass is 35.5. The van der Waals surface area contributed by atoms with Crippen molar-refractivity contribution < 1.29 is 23.9 Å². The van der Waals surface area contributed by atoms with E-state index in [0.717, 1.165) is 10.5 Å². The van der Waals surface area contributed by atoms with Crippen LogP contribution in [0.3, 0.4) is 0 Å². The van der Waals surface area contributed by atoms with Crippen LogP contribution in [-0.4, -0.2) is 25.0 Å². The fourth-order valence-corrected chi connectivity index (χ4v) is 3.41. The van der Waals surface area contributed by atoms with Gasteiger partial charge in [0.05, 0.1) is 12.8 Å². The van der Waals surface area contributed by atoms with Gasteiger partial charge in [-0.2, -0.15) is 0 Å². The highest BCUT2D eigenvalue weighted by Gasteiger charge is 2.36. The van der Waals surface area contributed by atoms with Gasteiger partial charge < -0.3 is 9.47 Å². The average molecular weight is 463 g/mol. The zero-order valence-corrected chi connectivity index (χ0v) is 18.3. The number of imide groups is 2. The predicted molar refractivity (Wildman–Crippen MR) is 124 cm³/mol. The monoisotopic (exact) mass is 462 g/mol. The molecule has 7 nitrogen and oxygen atoms in total. The van der Waals surface area contributed by atoms with Crippen molar-refractivity contribution in [2.75, 3.05) is 12.0 Å². The average Bonchev–Trinajstić information content (AvgIpc) is 2.82. The van der Waals surface area contributed by atoms with E-state index in [1.807, 2.05) is 30.3 Å². The minimum atomic E-state index is -0.828. The van der Waals surface area contributed by atoms with Crippen molar-refractivity contribution in [3.63, 3.8) is 0 Å². The van der Waals surface area contributed by atoms with Crippen molar-refractivity contribution in [2.45, 2.75) is 6.61 Å². The Morgan fingerprint density at radius 2 is 1.67 bits per heavy atom. The lowest BCUT2D eigenvalue weighted by atomic mass is 10.1. The molecule has 166 valence electrons. The number of anilines is 1. The second-order valence-corrected chi connectivity index (χ2v) is 7.56. The number of hydrogen-bond acceptors (Lipinski definition) is 5. The Balaban J connectivity index is 1.63. The lowest BCUT2D eigenvalue weighted by Gasteiger charge is -2.26. The van der Waals surface area contributed by atoms with E-state index in [4.69, 9.17) is 21.1 Å². The van der Waals surface area contributed by atoms with Gasteiger partial charge >= 0.3 is 6.03 Å². The minimum absolute atomic E-state index is 0.191. The van der Waals surface area contributed by atoms with Gasteiger partial charge in [-0.3, -0.25) is 14.9 Å². The maximum Gasteiger partial charge on any atom is 0.335 e. The maximum atomic E-state index is 13.0. The molecule has 3 aromatic carbocycles. The summed E-state index contributed by atoms with van der Waals surface area (Å²) in [6, 6.07) is 20.0. The topological polar surface area (TPSA) is 84.9 Å². The lowest BCUT2D eigenvalue weighted by Crippen LogP contribution is -2.54. The van der Waals surface area contributed by atoms with Gasteiger partial charge in [-0.25, -0.2) is 9.69 Å². The molecule has 3 aromatic rings. The van der Waals surface area contributed by atoms with Crippen LogP contribution in [0, 0.1) is 0 Å². The van der Waals surface area contributed by atoms with Crippen LogP contribution in [0.2, 0.25) is 5.02 Å². The van der Waals surface area contributed by atoms with Gasteiger partial charge in [0.15, 0.2) is 11.5 Å². The van der Waals surface area contributed by atoms with E-state index in [1.165, 1.54) is 25.3 Å². The third-order valence-electron chi connectivity index (χ3n) is 4.92. The molecular formula is C25H19ClN2O5. The highest BCUT2D eigenvalue weighted by Crippen LogP contribution is 2.30. The number of nitrogens with one attached hydrogen (secondary N) is 1. The molecule has 4 rings (SSSR count). The number of halogens is 1. The van der Waals surface area contributed by atoms with E-state index in [-0.39, 0.29) is 5.57 Å². The van der Waals surface area contributed by atoms with Crippen LogP contribution in [0.4, 0.5) is 10.5 Å². The molecule has 0 spiro atoms. The Labute approximate surface area is 195 Å². The first kappa shape index (κ1) is 22.1. The molecule has 1 aliphatic rings. The second-order valence-electron chi connectivity index (χ2n) is 7.12. The van der Waals surface area contributed by atoms with Crippen molar-refractivity contribution in [2.24, 2.45) is 0 Å². The fraction of sp³-hybridized carbons (Fsp3) is 0.0800. The normalized spacial score (nSPS) is 14.9. The lowest BCUT2D eigenvalue weighted by molar-refractivity contribution is -0.122. The van der Waals surface area contributed by atoms with Crippen molar-refractivity contribution >= 4 is 41.2 Å². The van der Waals surface area contributed by atoms with Crippen molar-refractivity contribution in [1.82, 2.24) is 5.32 Å². The molecule has 1 fully saturated rings. The summed E-state index contributed by atoms with van der Waals surface area (Å²) >= 11 is 5.90. The standard InChI is InChI=1S/C25H19ClN2O5/c1-32-21-12-7-17(14-22(21)33-15-16-5-3-2-4-6-16)13-20-23(29)27-25(31)28(24(20)30)19-10-8-18(26)9-11-19/h2-14H,15H2,1H3,(H,27,29,31)/b20-13+. The van der Waals surface area contributed by atoms with Crippen LogP contribution in [-0.2, 0) is 16.2 Å². The van der Waals surface area contributed by atoms with E-state index in [1.54, 1.807) is 30.3 Å². The maximum absolute atomic E-state index is 13.0. The third kappa shape index (κ3) is 4.88. The molecule has 0 saturated carbocycles. The molecule has 1 saturated heterocycles. The van der Waals surface area contributed by atoms with Crippen LogP contribution in [0.25, 0.3) is 6.08 Å². The first-order chi connectivity index (χ1) is 16.0.